The van der Waals surface area contributed by atoms with Crippen molar-refractivity contribution in [1.82, 2.24) is 5.32 Å². The van der Waals surface area contributed by atoms with Crippen molar-refractivity contribution in [3.05, 3.63) is 0 Å². The summed E-state index contributed by atoms with van der Waals surface area (Å²) in [5, 5.41) is 3.77. The molecule has 0 aromatic rings. The normalized spacial score (nSPS) is 19.6. The highest BCUT2D eigenvalue weighted by Crippen LogP contribution is 2.25. The van der Waals surface area contributed by atoms with Crippen LogP contribution in [0.4, 0.5) is 0 Å². The molecule has 1 rings (SSSR count). The Balaban J connectivity index is 2.26. The summed E-state index contributed by atoms with van der Waals surface area (Å²) in [5.41, 5.74) is 0. The lowest BCUT2D eigenvalue weighted by Gasteiger charge is -2.18. The van der Waals surface area contributed by atoms with Gasteiger partial charge in [-0.05, 0) is 18.8 Å². The zero-order chi connectivity index (χ0) is 12.5. The maximum atomic E-state index is 11.9. The molecule has 1 atom stereocenters. The summed E-state index contributed by atoms with van der Waals surface area (Å²) in [7, 11) is 1.66. The number of rotatable bonds is 6. The van der Waals surface area contributed by atoms with Crippen LogP contribution in [0.15, 0.2) is 0 Å². The summed E-state index contributed by atoms with van der Waals surface area (Å²) in [6.07, 6.45) is 8.38. The zero-order valence-corrected chi connectivity index (χ0v) is 12.3. The quantitative estimate of drug-likeness (QED) is 0.605. The molecule has 4 heteroatoms. The van der Waals surface area contributed by atoms with Crippen molar-refractivity contribution >= 4 is 21.8 Å². The van der Waals surface area contributed by atoms with Gasteiger partial charge < -0.3 is 10.1 Å². The summed E-state index contributed by atoms with van der Waals surface area (Å²) < 4.78 is 5.06. The number of carbonyl (C=O) groups is 1. The average Bonchev–Trinajstić information content (AvgIpc) is 2.57. The van der Waals surface area contributed by atoms with Crippen molar-refractivity contribution in [1.29, 1.82) is 0 Å². The first-order chi connectivity index (χ1) is 8.26. The monoisotopic (exact) mass is 305 g/mol. The van der Waals surface area contributed by atoms with E-state index < -0.39 is 0 Å². The highest BCUT2D eigenvalue weighted by atomic mass is 79.9. The molecule has 1 aliphatic rings. The molecule has 0 heterocycles. The van der Waals surface area contributed by atoms with Gasteiger partial charge in [0.25, 0.3) is 0 Å². The Hall–Kier alpha value is -0.0900. The average molecular weight is 306 g/mol. The van der Waals surface area contributed by atoms with Crippen LogP contribution in [0.2, 0.25) is 0 Å². The van der Waals surface area contributed by atoms with Gasteiger partial charge in [-0.15, -0.1) is 0 Å². The Morgan fingerprint density at radius 2 is 2.00 bits per heavy atom. The molecule has 0 aromatic carbocycles. The largest absolute Gasteiger partial charge is 0.383 e. The number of halogens is 1. The van der Waals surface area contributed by atoms with Gasteiger partial charge in [-0.2, -0.15) is 0 Å². The number of carbonyl (C=O) groups excluding carboxylic acids is 1. The first-order valence-corrected chi connectivity index (χ1v) is 7.72. The van der Waals surface area contributed by atoms with E-state index in [9.17, 15) is 4.79 Å². The lowest BCUT2D eigenvalue weighted by Crippen LogP contribution is -2.39. The van der Waals surface area contributed by atoms with E-state index >= 15 is 0 Å². The van der Waals surface area contributed by atoms with E-state index in [1.54, 1.807) is 7.11 Å². The van der Waals surface area contributed by atoms with Crippen molar-refractivity contribution in [3.8, 4) is 0 Å². The molecule has 1 amide bonds. The topological polar surface area (TPSA) is 38.3 Å². The van der Waals surface area contributed by atoms with Gasteiger partial charge in [-0.3, -0.25) is 4.79 Å². The van der Waals surface area contributed by atoms with E-state index in [1.165, 1.54) is 38.5 Å². The minimum atomic E-state index is 0.0956. The third kappa shape index (κ3) is 6.41. The van der Waals surface area contributed by atoms with Crippen molar-refractivity contribution < 1.29 is 9.53 Å². The standard InChI is InChI=1S/C13H24BrNO2/c1-17-10-12(9-14)15-13(16)8-11-6-4-2-3-5-7-11/h11-12H,2-10H2,1H3,(H,15,16). The van der Waals surface area contributed by atoms with Gasteiger partial charge in [0, 0.05) is 18.9 Å². The van der Waals surface area contributed by atoms with Gasteiger partial charge in [0.15, 0.2) is 0 Å². The summed E-state index contributed by atoms with van der Waals surface area (Å²) in [5.74, 6) is 0.773. The molecule has 3 nitrogen and oxygen atoms in total. The second-order valence-corrected chi connectivity index (χ2v) is 5.58. The molecule has 1 N–H and O–H groups in total. The van der Waals surface area contributed by atoms with Crippen LogP contribution in [0.25, 0.3) is 0 Å². The number of methoxy groups -OCH3 is 1. The Labute approximate surface area is 113 Å². The highest BCUT2D eigenvalue weighted by molar-refractivity contribution is 9.09. The molecule has 1 aliphatic carbocycles. The molecule has 0 radical (unpaired) electrons. The third-order valence-electron chi connectivity index (χ3n) is 3.37. The van der Waals surface area contributed by atoms with E-state index in [-0.39, 0.29) is 11.9 Å². The zero-order valence-electron chi connectivity index (χ0n) is 10.7. The molecule has 0 spiro atoms. The third-order valence-corrected chi connectivity index (χ3v) is 4.15. The molecule has 1 unspecified atom stereocenters. The molecular formula is C13H24BrNO2. The predicted molar refractivity (Wildman–Crippen MR) is 73.4 cm³/mol. The summed E-state index contributed by atoms with van der Waals surface area (Å²) >= 11 is 3.39. The van der Waals surface area contributed by atoms with E-state index in [1.807, 2.05) is 0 Å². The van der Waals surface area contributed by atoms with Gasteiger partial charge >= 0.3 is 0 Å². The fourth-order valence-corrected chi connectivity index (χ4v) is 2.79. The molecule has 17 heavy (non-hydrogen) atoms. The van der Waals surface area contributed by atoms with Crippen molar-refractivity contribution in [2.75, 3.05) is 19.0 Å². The number of nitrogens with one attached hydrogen (secondary N) is 1. The number of ether oxygens (including phenoxy) is 1. The predicted octanol–water partition coefficient (Wildman–Crippen LogP) is 2.87. The lowest BCUT2D eigenvalue weighted by atomic mass is 9.96. The number of alkyl halides is 1. The molecule has 100 valence electrons. The Morgan fingerprint density at radius 1 is 1.35 bits per heavy atom. The number of hydrogen-bond acceptors (Lipinski definition) is 2. The molecule has 1 fully saturated rings. The second-order valence-electron chi connectivity index (χ2n) is 4.94. The molecule has 0 bridgehead atoms. The van der Waals surface area contributed by atoms with Crippen molar-refractivity contribution in [2.45, 2.75) is 51.0 Å². The van der Waals surface area contributed by atoms with Crippen LogP contribution in [0, 0.1) is 5.92 Å². The van der Waals surface area contributed by atoms with Gasteiger partial charge in [0.2, 0.25) is 5.91 Å². The molecule has 0 saturated heterocycles. The molecule has 0 aromatic heterocycles. The van der Waals surface area contributed by atoms with E-state index in [2.05, 4.69) is 21.2 Å². The smallest absolute Gasteiger partial charge is 0.220 e. The summed E-state index contributed by atoms with van der Waals surface area (Å²) in [6.45, 7) is 0.571. The lowest BCUT2D eigenvalue weighted by molar-refractivity contribution is -0.123. The SMILES string of the molecule is COCC(CBr)NC(=O)CC1CCCCCC1. The second kappa shape index (κ2) is 8.92. The fourth-order valence-electron chi connectivity index (χ4n) is 2.44. The van der Waals surface area contributed by atoms with Crippen molar-refractivity contribution in [3.63, 3.8) is 0 Å². The van der Waals surface area contributed by atoms with E-state index in [0.29, 0.717) is 18.9 Å². The van der Waals surface area contributed by atoms with Crippen LogP contribution in [0.1, 0.15) is 44.9 Å². The van der Waals surface area contributed by atoms with E-state index in [0.717, 1.165) is 5.33 Å². The van der Waals surface area contributed by atoms with Crippen molar-refractivity contribution in [2.24, 2.45) is 5.92 Å². The van der Waals surface area contributed by atoms with Crippen LogP contribution in [-0.2, 0) is 9.53 Å². The first-order valence-electron chi connectivity index (χ1n) is 6.60. The van der Waals surface area contributed by atoms with Gasteiger partial charge in [0.1, 0.15) is 0 Å². The minimum absolute atomic E-state index is 0.0956. The summed E-state index contributed by atoms with van der Waals surface area (Å²) in [6, 6.07) is 0.0956. The van der Waals surface area contributed by atoms with Crippen LogP contribution >= 0.6 is 15.9 Å². The molecule has 1 saturated carbocycles. The van der Waals surface area contributed by atoms with Gasteiger partial charge in [0.05, 0.1) is 12.6 Å². The van der Waals surface area contributed by atoms with E-state index in [4.69, 9.17) is 4.74 Å². The van der Waals surface area contributed by atoms with Crippen LogP contribution in [0.5, 0.6) is 0 Å². The Kier molecular flexibility index (Phi) is 7.86. The molecule has 0 aliphatic heterocycles. The maximum absolute atomic E-state index is 11.9. The Morgan fingerprint density at radius 3 is 2.53 bits per heavy atom. The fraction of sp³-hybridized carbons (Fsp3) is 0.923. The highest BCUT2D eigenvalue weighted by Gasteiger charge is 2.18. The summed E-state index contributed by atoms with van der Waals surface area (Å²) in [4.78, 5) is 11.9. The minimum Gasteiger partial charge on any atom is -0.383 e. The van der Waals surface area contributed by atoms with Gasteiger partial charge in [-0.25, -0.2) is 0 Å². The first kappa shape index (κ1) is 15.0. The van der Waals surface area contributed by atoms with Crippen LogP contribution < -0.4 is 5.32 Å². The maximum Gasteiger partial charge on any atom is 0.220 e. The molecular weight excluding hydrogens is 282 g/mol. The van der Waals surface area contributed by atoms with Gasteiger partial charge in [-0.1, -0.05) is 41.6 Å². The van der Waals surface area contributed by atoms with Crippen LogP contribution in [0.3, 0.4) is 0 Å². The Bertz CT molecular complexity index is 215. The van der Waals surface area contributed by atoms with Crippen LogP contribution in [-0.4, -0.2) is 31.0 Å². The number of hydrogen-bond donors (Lipinski definition) is 1. The number of amides is 1.